The monoisotopic (exact) mass is 276 g/mol. The second-order valence-corrected chi connectivity index (χ2v) is 6.17. The third-order valence-electron chi connectivity index (χ3n) is 4.00. The van der Waals surface area contributed by atoms with Crippen molar-refractivity contribution in [2.75, 3.05) is 29.9 Å². The predicted octanol–water partition coefficient (Wildman–Crippen LogP) is 3.26. The molecule has 0 radical (unpaired) electrons. The van der Waals surface area contributed by atoms with Crippen molar-refractivity contribution in [1.29, 1.82) is 0 Å². The predicted molar refractivity (Wildman–Crippen MR) is 85.5 cm³/mol. The molecule has 1 saturated heterocycles. The molecule has 1 aromatic heterocycles. The molecule has 2 heterocycles. The van der Waals surface area contributed by atoms with Gasteiger partial charge in [-0.1, -0.05) is 20.8 Å². The highest BCUT2D eigenvalue weighted by Crippen LogP contribution is 2.29. The first-order valence-electron chi connectivity index (χ1n) is 7.91. The van der Waals surface area contributed by atoms with Crippen LogP contribution in [0.1, 0.15) is 45.5 Å². The van der Waals surface area contributed by atoms with E-state index in [0.29, 0.717) is 0 Å². The number of nitrogens with one attached hydrogen (secondary N) is 1. The van der Waals surface area contributed by atoms with E-state index >= 15 is 0 Å². The maximum Gasteiger partial charge on any atom is 0.137 e. The van der Waals surface area contributed by atoms with Gasteiger partial charge in [0.05, 0.1) is 0 Å². The SMILES string of the molecule is CCNc1nc(CC)nc(N2CC(C)CC(C)C2)c1C. The molecule has 1 aliphatic rings. The Kier molecular flexibility index (Phi) is 4.84. The highest BCUT2D eigenvalue weighted by atomic mass is 15.2. The molecular weight excluding hydrogens is 248 g/mol. The number of rotatable bonds is 4. The second kappa shape index (κ2) is 6.42. The van der Waals surface area contributed by atoms with Gasteiger partial charge in [0.15, 0.2) is 0 Å². The van der Waals surface area contributed by atoms with E-state index in [0.717, 1.165) is 55.4 Å². The van der Waals surface area contributed by atoms with Gasteiger partial charge in [-0.2, -0.15) is 0 Å². The summed E-state index contributed by atoms with van der Waals surface area (Å²) in [6.45, 7) is 14.2. The summed E-state index contributed by atoms with van der Waals surface area (Å²) in [6.07, 6.45) is 2.20. The Balaban J connectivity index is 2.36. The zero-order valence-electron chi connectivity index (χ0n) is 13.5. The summed E-state index contributed by atoms with van der Waals surface area (Å²) in [6, 6.07) is 0. The second-order valence-electron chi connectivity index (χ2n) is 6.17. The van der Waals surface area contributed by atoms with Crippen LogP contribution in [0.5, 0.6) is 0 Å². The Bertz CT molecular complexity index is 448. The third kappa shape index (κ3) is 3.22. The van der Waals surface area contributed by atoms with Crippen molar-refractivity contribution in [3.63, 3.8) is 0 Å². The standard InChI is InChI=1S/C16H28N4/c1-6-14-18-15(17-7-2)13(5)16(19-14)20-9-11(3)8-12(4)10-20/h11-12H,6-10H2,1-5H3,(H,17,18,19). The summed E-state index contributed by atoms with van der Waals surface area (Å²) in [7, 11) is 0. The number of aromatic nitrogens is 2. The molecule has 2 rings (SSSR count). The van der Waals surface area contributed by atoms with Gasteiger partial charge in [0, 0.05) is 31.6 Å². The van der Waals surface area contributed by atoms with Crippen LogP contribution in [-0.2, 0) is 6.42 Å². The molecule has 1 N–H and O–H groups in total. The van der Waals surface area contributed by atoms with Crippen molar-refractivity contribution in [2.45, 2.75) is 47.5 Å². The minimum atomic E-state index is 0.737. The normalized spacial score (nSPS) is 22.9. The molecule has 2 unspecified atom stereocenters. The van der Waals surface area contributed by atoms with Gasteiger partial charge in [-0.05, 0) is 32.1 Å². The van der Waals surface area contributed by atoms with Gasteiger partial charge in [0.1, 0.15) is 17.5 Å². The average molecular weight is 276 g/mol. The van der Waals surface area contributed by atoms with Crippen LogP contribution in [0, 0.1) is 18.8 Å². The van der Waals surface area contributed by atoms with Crippen LogP contribution in [0.2, 0.25) is 0 Å². The van der Waals surface area contributed by atoms with Crippen molar-refractivity contribution in [3.05, 3.63) is 11.4 Å². The van der Waals surface area contributed by atoms with Gasteiger partial charge in [0.2, 0.25) is 0 Å². The van der Waals surface area contributed by atoms with Crippen molar-refractivity contribution >= 4 is 11.6 Å². The maximum absolute atomic E-state index is 4.80. The fourth-order valence-electron chi connectivity index (χ4n) is 3.19. The van der Waals surface area contributed by atoms with Crippen LogP contribution < -0.4 is 10.2 Å². The molecule has 4 heteroatoms. The topological polar surface area (TPSA) is 41.1 Å². The van der Waals surface area contributed by atoms with Crippen LogP contribution in [-0.4, -0.2) is 29.6 Å². The summed E-state index contributed by atoms with van der Waals surface area (Å²) in [4.78, 5) is 11.9. The molecule has 0 bridgehead atoms. The molecule has 0 aromatic carbocycles. The summed E-state index contributed by atoms with van der Waals surface area (Å²) in [5, 5.41) is 3.37. The molecule has 112 valence electrons. The minimum absolute atomic E-state index is 0.737. The minimum Gasteiger partial charge on any atom is -0.370 e. The maximum atomic E-state index is 4.80. The van der Waals surface area contributed by atoms with Gasteiger partial charge in [-0.25, -0.2) is 9.97 Å². The van der Waals surface area contributed by atoms with Crippen LogP contribution in [0.25, 0.3) is 0 Å². The fraction of sp³-hybridized carbons (Fsp3) is 0.750. The van der Waals surface area contributed by atoms with E-state index in [9.17, 15) is 0 Å². The van der Waals surface area contributed by atoms with Gasteiger partial charge >= 0.3 is 0 Å². The van der Waals surface area contributed by atoms with Gasteiger partial charge in [-0.15, -0.1) is 0 Å². The molecular formula is C16H28N4. The molecule has 0 aliphatic carbocycles. The van der Waals surface area contributed by atoms with E-state index < -0.39 is 0 Å². The lowest BCUT2D eigenvalue weighted by atomic mass is 9.92. The van der Waals surface area contributed by atoms with Crippen molar-refractivity contribution in [1.82, 2.24) is 9.97 Å². The summed E-state index contributed by atoms with van der Waals surface area (Å²) in [5.41, 5.74) is 1.19. The average Bonchev–Trinajstić information content (AvgIpc) is 2.40. The van der Waals surface area contributed by atoms with Crippen molar-refractivity contribution in [3.8, 4) is 0 Å². The van der Waals surface area contributed by atoms with Gasteiger partial charge in [0.25, 0.3) is 0 Å². The van der Waals surface area contributed by atoms with E-state index in [-0.39, 0.29) is 0 Å². The highest BCUT2D eigenvalue weighted by Gasteiger charge is 2.25. The molecule has 4 nitrogen and oxygen atoms in total. The summed E-state index contributed by atoms with van der Waals surface area (Å²) >= 11 is 0. The fourth-order valence-corrected chi connectivity index (χ4v) is 3.19. The molecule has 0 amide bonds. The van der Waals surface area contributed by atoms with E-state index in [4.69, 9.17) is 4.98 Å². The summed E-state index contributed by atoms with van der Waals surface area (Å²) < 4.78 is 0. The first-order chi connectivity index (χ1) is 9.55. The lowest BCUT2D eigenvalue weighted by Crippen LogP contribution is -2.39. The van der Waals surface area contributed by atoms with Crippen LogP contribution in [0.3, 0.4) is 0 Å². The molecule has 0 spiro atoms. The number of aryl methyl sites for hydroxylation is 1. The molecule has 1 aliphatic heterocycles. The smallest absolute Gasteiger partial charge is 0.137 e. The Morgan fingerprint density at radius 3 is 2.35 bits per heavy atom. The number of piperidine rings is 1. The molecule has 1 aromatic rings. The quantitative estimate of drug-likeness (QED) is 0.916. The molecule has 20 heavy (non-hydrogen) atoms. The van der Waals surface area contributed by atoms with Crippen LogP contribution in [0.4, 0.5) is 11.6 Å². The Morgan fingerprint density at radius 2 is 1.80 bits per heavy atom. The number of anilines is 2. The zero-order valence-corrected chi connectivity index (χ0v) is 13.5. The van der Waals surface area contributed by atoms with E-state index in [1.54, 1.807) is 0 Å². The van der Waals surface area contributed by atoms with Gasteiger partial charge < -0.3 is 10.2 Å². The van der Waals surface area contributed by atoms with Crippen molar-refractivity contribution in [2.24, 2.45) is 11.8 Å². The summed E-state index contributed by atoms with van der Waals surface area (Å²) in [5.74, 6) is 4.54. The molecule has 2 atom stereocenters. The number of nitrogens with zero attached hydrogens (tertiary/aromatic N) is 3. The van der Waals surface area contributed by atoms with Crippen LogP contribution >= 0.6 is 0 Å². The number of hydrogen-bond donors (Lipinski definition) is 1. The Labute approximate surface area is 123 Å². The Morgan fingerprint density at radius 1 is 1.15 bits per heavy atom. The first-order valence-corrected chi connectivity index (χ1v) is 7.91. The van der Waals surface area contributed by atoms with E-state index in [2.05, 4.69) is 49.8 Å². The highest BCUT2D eigenvalue weighted by molar-refractivity contribution is 5.59. The van der Waals surface area contributed by atoms with E-state index in [1.807, 2.05) is 0 Å². The third-order valence-corrected chi connectivity index (χ3v) is 4.00. The lowest BCUT2D eigenvalue weighted by molar-refractivity contribution is 0.355. The Hall–Kier alpha value is -1.32. The lowest BCUT2D eigenvalue weighted by Gasteiger charge is -2.36. The number of hydrogen-bond acceptors (Lipinski definition) is 4. The van der Waals surface area contributed by atoms with Crippen molar-refractivity contribution < 1.29 is 0 Å². The largest absolute Gasteiger partial charge is 0.370 e. The molecule has 0 saturated carbocycles. The van der Waals surface area contributed by atoms with Gasteiger partial charge in [-0.3, -0.25) is 0 Å². The molecule has 1 fully saturated rings. The first kappa shape index (κ1) is 15.1. The zero-order chi connectivity index (χ0) is 14.7. The van der Waals surface area contributed by atoms with Crippen LogP contribution in [0.15, 0.2) is 0 Å². The van der Waals surface area contributed by atoms with E-state index in [1.165, 1.54) is 12.0 Å².